The van der Waals surface area contributed by atoms with Crippen LogP contribution in [0.2, 0.25) is 0 Å². The van der Waals surface area contributed by atoms with Gasteiger partial charge in [0, 0.05) is 19.3 Å². The third kappa shape index (κ3) is 36.4. The van der Waals surface area contributed by atoms with Gasteiger partial charge >= 0.3 is 17.9 Å². The first-order chi connectivity index (χ1) is 26.6. The molecule has 0 rings (SSSR count). The number of allylic oxidation sites excluding steroid dienone is 10. The molecule has 316 valence electrons. The molecule has 8 heteroatoms. The number of quaternary nitrogens is 1. The topological polar surface area (TPSA) is 99.1 Å². The highest BCUT2D eigenvalue weighted by atomic mass is 16.6. The van der Waals surface area contributed by atoms with Gasteiger partial charge in [0.25, 0.3) is 0 Å². The van der Waals surface area contributed by atoms with Gasteiger partial charge in [-0.05, 0) is 70.6 Å². The molecule has 0 aromatic carbocycles. The minimum Gasteiger partial charge on any atom is -0.477 e. The zero-order chi connectivity index (χ0) is 40.7. The minimum atomic E-state index is -0.883. The van der Waals surface area contributed by atoms with Crippen LogP contribution < -0.4 is 0 Å². The highest BCUT2D eigenvalue weighted by Crippen LogP contribution is 2.14. The fourth-order valence-electron chi connectivity index (χ4n) is 6.04. The Hall–Kier alpha value is -2.97. The van der Waals surface area contributed by atoms with E-state index in [1.165, 1.54) is 77.0 Å². The van der Waals surface area contributed by atoms with Crippen LogP contribution in [0, 0.1) is 0 Å². The average molecular weight is 773 g/mol. The van der Waals surface area contributed by atoms with Crippen molar-refractivity contribution < 1.29 is 38.2 Å². The maximum absolute atomic E-state index is 12.7. The minimum absolute atomic E-state index is 0.0455. The van der Waals surface area contributed by atoms with Crippen molar-refractivity contribution in [2.45, 2.75) is 180 Å². The number of aliphatic carboxylic acids is 1. The molecule has 0 amide bonds. The van der Waals surface area contributed by atoms with E-state index in [1.54, 1.807) is 0 Å². The molecule has 0 aromatic rings. The van der Waals surface area contributed by atoms with E-state index in [1.807, 2.05) is 21.1 Å². The lowest BCUT2D eigenvalue weighted by molar-refractivity contribution is -0.887. The summed E-state index contributed by atoms with van der Waals surface area (Å²) in [5.74, 6) is -1.53. The summed E-state index contributed by atoms with van der Waals surface area (Å²) in [4.78, 5) is 36.9. The Kier molecular flexibility index (Phi) is 35.9. The van der Waals surface area contributed by atoms with Gasteiger partial charge in [-0.3, -0.25) is 9.59 Å². The number of rotatable bonds is 38. The van der Waals surface area contributed by atoms with Crippen LogP contribution in [0.1, 0.15) is 168 Å². The van der Waals surface area contributed by atoms with Gasteiger partial charge in [0.1, 0.15) is 6.61 Å². The summed E-state index contributed by atoms with van der Waals surface area (Å²) in [5, 5.41) is 9.61. The van der Waals surface area contributed by atoms with Crippen LogP contribution in [0.4, 0.5) is 0 Å². The third-order valence-electron chi connectivity index (χ3n) is 9.43. The number of hydrogen-bond acceptors (Lipinski definition) is 6. The Balaban J connectivity index is 4.37. The third-order valence-corrected chi connectivity index (χ3v) is 9.43. The summed E-state index contributed by atoms with van der Waals surface area (Å²) >= 11 is 0. The van der Waals surface area contributed by atoms with E-state index in [9.17, 15) is 19.5 Å². The van der Waals surface area contributed by atoms with Gasteiger partial charge in [-0.2, -0.15) is 0 Å². The van der Waals surface area contributed by atoms with E-state index in [-0.39, 0.29) is 36.2 Å². The molecule has 0 aliphatic rings. The van der Waals surface area contributed by atoms with Crippen LogP contribution in [0.5, 0.6) is 0 Å². The van der Waals surface area contributed by atoms with Crippen molar-refractivity contribution in [1.82, 2.24) is 0 Å². The molecule has 0 saturated carbocycles. The van der Waals surface area contributed by atoms with Crippen LogP contribution in [0.3, 0.4) is 0 Å². The van der Waals surface area contributed by atoms with Crippen LogP contribution in [-0.2, 0) is 28.6 Å². The lowest BCUT2D eigenvalue weighted by Crippen LogP contribution is -2.50. The largest absolute Gasteiger partial charge is 0.477 e. The van der Waals surface area contributed by atoms with Gasteiger partial charge in [-0.25, -0.2) is 4.79 Å². The number of hydrogen-bond donors (Lipinski definition) is 1. The zero-order valence-corrected chi connectivity index (χ0v) is 35.9. The molecule has 2 unspecified atom stereocenters. The van der Waals surface area contributed by atoms with Crippen molar-refractivity contribution in [3.05, 3.63) is 60.8 Å². The number of unbranched alkanes of at least 4 members (excludes halogenated alkanes) is 15. The van der Waals surface area contributed by atoms with Gasteiger partial charge in [-0.1, -0.05) is 139 Å². The van der Waals surface area contributed by atoms with Crippen LogP contribution in [-0.4, -0.2) is 80.6 Å². The van der Waals surface area contributed by atoms with Crippen molar-refractivity contribution >= 4 is 17.9 Å². The van der Waals surface area contributed by atoms with E-state index >= 15 is 0 Å². The molecule has 0 aromatic heterocycles. The van der Waals surface area contributed by atoms with E-state index in [4.69, 9.17) is 14.2 Å². The highest BCUT2D eigenvalue weighted by molar-refractivity contribution is 5.72. The fourth-order valence-corrected chi connectivity index (χ4v) is 6.04. The SMILES string of the molecule is CC/C=C/C/C=C/C/C=C/CCCCC(=O)OCC(COCCC(C(=O)O)[N+](C)(C)C)OC(=O)CCCCCCCCCCCC/C=C/C=C/CCCCC. The summed E-state index contributed by atoms with van der Waals surface area (Å²) < 4.78 is 17.2. The average Bonchev–Trinajstić information content (AvgIpc) is 3.14. The van der Waals surface area contributed by atoms with Crippen molar-refractivity contribution in [1.29, 1.82) is 0 Å². The fraction of sp³-hybridized carbons (Fsp3) is 0.723. The second-order valence-corrected chi connectivity index (χ2v) is 15.6. The van der Waals surface area contributed by atoms with Gasteiger partial charge in [0.05, 0.1) is 34.4 Å². The second-order valence-electron chi connectivity index (χ2n) is 15.6. The quantitative estimate of drug-likeness (QED) is 0.0219. The van der Waals surface area contributed by atoms with Gasteiger partial charge in [0.15, 0.2) is 12.1 Å². The molecule has 0 aliphatic heterocycles. The molecule has 0 fully saturated rings. The summed E-state index contributed by atoms with van der Waals surface area (Å²) in [7, 11) is 5.51. The molecular weight excluding hydrogens is 691 g/mol. The molecule has 0 radical (unpaired) electrons. The molecule has 55 heavy (non-hydrogen) atoms. The lowest BCUT2D eigenvalue weighted by Gasteiger charge is -2.31. The monoisotopic (exact) mass is 773 g/mol. The highest BCUT2D eigenvalue weighted by Gasteiger charge is 2.31. The van der Waals surface area contributed by atoms with Crippen molar-refractivity contribution in [2.75, 3.05) is 41.0 Å². The van der Waals surface area contributed by atoms with Crippen LogP contribution >= 0.6 is 0 Å². The number of carbonyl (C=O) groups excluding carboxylic acids is 2. The number of ether oxygens (including phenoxy) is 3. The smallest absolute Gasteiger partial charge is 0.362 e. The molecule has 1 N–H and O–H groups in total. The molecule has 0 bridgehead atoms. The van der Waals surface area contributed by atoms with Gasteiger partial charge in [-0.15, -0.1) is 0 Å². The second kappa shape index (κ2) is 37.9. The molecule has 8 nitrogen and oxygen atoms in total. The summed E-state index contributed by atoms with van der Waals surface area (Å²) in [6.45, 7) is 4.54. The Labute approximate surface area is 337 Å². The van der Waals surface area contributed by atoms with E-state index in [0.717, 1.165) is 57.8 Å². The van der Waals surface area contributed by atoms with E-state index < -0.39 is 18.1 Å². The van der Waals surface area contributed by atoms with E-state index in [2.05, 4.69) is 74.6 Å². The number of carboxylic acids is 1. The van der Waals surface area contributed by atoms with Crippen LogP contribution in [0.15, 0.2) is 60.8 Å². The summed E-state index contributed by atoms with van der Waals surface area (Å²) in [6.07, 6.45) is 45.5. The summed E-state index contributed by atoms with van der Waals surface area (Å²) in [5.41, 5.74) is 0. The predicted octanol–water partition coefficient (Wildman–Crippen LogP) is 11.8. The van der Waals surface area contributed by atoms with Gasteiger partial charge < -0.3 is 23.8 Å². The maximum Gasteiger partial charge on any atom is 0.362 e. The zero-order valence-electron chi connectivity index (χ0n) is 35.9. The molecule has 0 aliphatic carbocycles. The first-order valence-electron chi connectivity index (χ1n) is 21.8. The Morgan fingerprint density at radius 2 is 1.07 bits per heavy atom. The van der Waals surface area contributed by atoms with Crippen molar-refractivity contribution in [3.8, 4) is 0 Å². The Bertz CT molecular complexity index is 1090. The van der Waals surface area contributed by atoms with Crippen LogP contribution in [0.25, 0.3) is 0 Å². The normalized spacial score (nSPS) is 13.5. The first kappa shape index (κ1) is 52.0. The number of carboxylic acid groups (broad SMARTS) is 1. The van der Waals surface area contributed by atoms with Crippen molar-refractivity contribution in [2.24, 2.45) is 0 Å². The predicted molar refractivity (Wildman–Crippen MR) is 229 cm³/mol. The lowest BCUT2D eigenvalue weighted by atomic mass is 10.1. The maximum atomic E-state index is 12.7. The number of carbonyl (C=O) groups is 3. The molecule has 2 atom stereocenters. The Morgan fingerprint density at radius 1 is 0.582 bits per heavy atom. The molecule has 0 saturated heterocycles. The molecule has 0 heterocycles. The Morgan fingerprint density at radius 3 is 1.65 bits per heavy atom. The summed E-state index contributed by atoms with van der Waals surface area (Å²) in [6, 6.07) is -0.622. The standard InChI is InChI=1S/C47H81NO7/c1-6-8-10-12-14-16-18-20-21-22-23-24-25-26-28-30-32-34-36-38-46(50)55-43(41-53-40-39-44(47(51)52)48(3,4)5)42-54-45(49)37-35-33-31-29-27-19-17-15-13-11-9-7-2/h9,11,14-18,20,27,29,43-44H,6-8,10,12-13,19,21-26,28,30-42H2,1-5H3/p+1/b11-9+,16-14+,17-15+,20-18+,29-27+. The number of likely N-dealkylation sites (N-methyl/N-ethyl adjacent to an activating group) is 1. The van der Waals surface area contributed by atoms with Gasteiger partial charge in [0.2, 0.25) is 0 Å². The van der Waals surface area contributed by atoms with Crippen molar-refractivity contribution in [3.63, 3.8) is 0 Å². The number of nitrogens with zero attached hydrogens (tertiary/aromatic N) is 1. The van der Waals surface area contributed by atoms with E-state index in [0.29, 0.717) is 19.3 Å². The number of esters is 2. The molecular formula is C47H82NO7+. The molecule has 0 spiro atoms. The first-order valence-corrected chi connectivity index (χ1v) is 21.8.